The van der Waals surface area contributed by atoms with E-state index in [1.54, 1.807) is 17.0 Å². The second kappa shape index (κ2) is 8.99. The van der Waals surface area contributed by atoms with Crippen LogP contribution < -0.4 is 0 Å². The first-order valence-electron chi connectivity index (χ1n) is 11.2. The normalized spacial score (nSPS) is 16.3. The number of aliphatic hydroxyl groups is 1. The van der Waals surface area contributed by atoms with E-state index in [0.717, 1.165) is 21.8 Å². The third kappa shape index (κ3) is 5.09. The number of ether oxygens (including phenoxy) is 1. The van der Waals surface area contributed by atoms with Crippen molar-refractivity contribution < 1.29 is 19.6 Å². The number of amides is 1. The second-order valence-corrected chi connectivity index (χ2v) is 9.51. The zero-order chi connectivity index (χ0) is 23.8. The number of nitrogens with zero attached hydrogens (tertiary/aromatic N) is 4. The highest BCUT2D eigenvalue weighted by Gasteiger charge is 2.27. The predicted octanol–water partition coefficient (Wildman–Crippen LogP) is 3.62. The number of benzene rings is 2. The lowest BCUT2D eigenvalue weighted by atomic mass is 10.1. The van der Waals surface area contributed by atoms with E-state index >= 15 is 0 Å². The molecule has 0 spiro atoms. The van der Waals surface area contributed by atoms with Crippen LogP contribution in [0.4, 0.5) is 10.5 Å². The van der Waals surface area contributed by atoms with Gasteiger partial charge in [0.05, 0.1) is 17.6 Å². The van der Waals surface area contributed by atoms with Gasteiger partial charge in [-0.3, -0.25) is 15.0 Å². The second-order valence-electron chi connectivity index (χ2n) is 9.51. The average molecular weight is 455 g/mol. The standard InChI is InChI=1S/C24H30N4O5/c1-24(2,3)33-23(30)26-12-10-25(11-13-26)15-18(29)16-27-21-7-5-4-6-19(21)20-14-17(28(31)32)8-9-22(20)27/h4-9,14,18,29H,10-13,15-16H2,1-3H3. The molecule has 1 unspecified atom stereocenters. The SMILES string of the molecule is CC(C)(C)OC(=O)N1CCN(CC(O)Cn2c3ccccc3c3cc([N+](=O)[O-])ccc32)CC1. The summed E-state index contributed by atoms with van der Waals surface area (Å²) < 4.78 is 7.47. The van der Waals surface area contributed by atoms with Crippen LogP contribution in [0.3, 0.4) is 0 Å². The summed E-state index contributed by atoms with van der Waals surface area (Å²) in [4.78, 5) is 27.0. The van der Waals surface area contributed by atoms with Gasteiger partial charge in [-0.25, -0.2) is 4.79 Å². The highest BCUT2D eigenvalue weighted by molar-refractivity contribution is 6.08. The highest BCUT2D eigenvalue weighted by Crippen LogP contribution is 2.32. The molecule has 0 radical (unpaired) electrons. The fourth-order valence-corrected chi connectivity index (χ4v) is 4.36. The number of para-hydroxylation sites is 1. The van der Waals surface area contributed by atoms with E-state index in [-0.39, 0.29) is 11.8 Å². The number of hydrogen-bond acceptors (Lipinski definition) is 6. The van der Waals surface area contributed by atoms with Gasteiger partial charge in [-0.1, -0.05) is 18.2 Å². The fraction of sp³-hybridized carbons (Fsp3) is 0.458. The summed E-state index contributed by atoms with van der Waals surface area (Å²) in [5.74, 6) is 0. The van der Waals surface area contributed by atoms with E-state index < -0.39 is 16.6 Å². The summed E-state index contributed by atoms with van der Waals surface area (Å²) in [7, 11) is 0. The van der Waals surface area contributed by atoms with Gasteiger partial charge in [0.1, 0.15) is 5.60 Å². The van der Waals surface area contributed by atoms with Crippen LogP contribution in [-0.4, -0.2) is 74.9 Å². The van der Waals surface area contributed by atoms with E-state index in [1.165, 1.54) is 6.07 Å². The minimum Gasteiger partial charge on any atom is -0.444 e. The number of fused-ring (bicyclic) bond motifs is 3. The number of carbonyl (C=O) groups excluding carboxylic acids is 1. The number of aromatic nitrogens is 1. The van der Waals surface area contributed by atoms with Gasteiger partial charge in [-0.2, -0.15) is 0 Å². The first-order valence-corrected chi connectivity index (χ1v) is 11.2. The van der Waals surface area contributed by atoms with Crippen molar-refractivity contribution in [3.05, 3.63) is 52.6 Å². The van der Waals surface area contributed by atoms with Gasteiger partial charge in [-0.05, 0) is 32.9 Å². The van der Waals surface area contributed by atoms with Gasteiger partial charge in [0.15, 0.2) is 0 Å². The van der Waals surface area contributed by atoms with Crippen molar-refractivity contribution in [1.82, 2.24) is 14.4 Å². The Bertz CT molecular complexity index is 1170. The number of piperazine rings is 1. The maximum absolute atomic E-state index is 12.3. The topological polar surface area (TPSA) is 101 Å². The van der Waals surface area contributed by atoms with Gasteiger partial charge in [-0.15, -0.1) is 0 Å². The van der Waals surface area contributed by atoms with Crippen LogP contribution >= 0.6 is 0 Å². The molecule has 0 aliphatic carbocycles. The van der Waals surface area contributed by atoms with E-state index in [0.29, 0.717) is 39.3 Å². The molecule has 1 N–H and O–H groups in total. The molecular weight excluding hydrogens is 424 g/mol. The number of non-ortho nitro benzene ring substituents is 1. The maximum atomic E-state index is 12.3. The lowest BCUT2D eigenvalue weighted by molar-refractivity contribution is -0.384. The number of rotatable bonds is 5. The van der Waals surface area contributed by atoms with Crippen molar-refractivity contribution in [3.63, 3.8) is 0 Å². The molecule has 0 bridgehead atoms. The van der Waals surface area contributed by atoms with Gasteiger partial charge < -0.3 is 19.3 Å². The Hall–Kier alpha value is -3.17. The molecule has 1 aliphatic heterocycles. The summed E-state index contributed by atoms with van der Waals surface area (Å²) in [6.45, 7) is 8.84. The number of carbonyl (C=O) groups is 1. The van der Waals surface area contributed by atoms with E-state index in [4.69, 9.17) is 4.74 Å². The first kappa shape index (κ1) is 23.0. The molecule has 2 heterocycles. The summed E-state index contributed by atoms with van der Waals surface area (Å²) in [5.41, 5.74) is 1.32. The van der Waals surface area contributed by atoms with Crippen LogP contribution in [0.15, 0.2) is 42.5 Å². The molecule has 0 saturated carbocycles. The van der Waals surface area contributed by atoms with Crippen molar-refractivity contribution >= 4 is 33.6 Å². The molecule has 176 valence electrons. The first-order chi connectivity index (χ1) is 15.6. The molecule has 1 aromatic heterocycles. The Morgan fingerprint density at radius 3 is 2.39 bits per heavy atom. The quantitative estimate of drug-likeness (QED) is 0.467. The van der Waals surface area contributed by atoms with Crippen molar-refractivity contribution in [2.75, 3.05) is 32.7 Å². The smallest absolute Gasteiger partial charge is 0.410 e. The number of β-amino-alcohol motifs (C(OH)–C–C–N with tert-alkyl or cyclic N) is 1. The van der Waals surface area contributed by atoms with Crippen molar-refractivity contribution in [3.8, 4) is 0 Å². The van der Waals surface area contributed by atoms with Crippen molar-refractivity contribution in [1.29, 1.82) is 0 Å². The molecule has 1 saturated heterocycles. The van der Waals surface area contributed by atoms with Crippen LogP contribution in [0.1, 0.15) is 20.8 Å². The molecule has 1 atom stereocenters. The Labute approximate surface area is 192 Å². The van der Waals surface area contributed by atoms with Crippen LogP contribution in [-0.2, 0) is 11.3 Å². The fourth-order valence-electron chi connectivity index (χ4n) is 4.36. The molecule has 9 nitrogen and oxygen atoms in total. The molecule has 4 rings (SSSR count). The third-order valence-corrected chi connectivity index (χ3v) is 5.85. The van der Waals surface area contributed by atoms with Crippen molar-refractivity contribution in [2.24, 2.45) is 0 Å². The van der Waals surface area contributed by atoms with E-state index in [2.05, 4.69) is 4.90 Å². The zero-order valence-corrected chi connectivity index (χ0v) is 19.2. The number of nitro groups is 1. The minimum atomic E-state index is -0.632. The van der Waals surface area contributed by atoms with Crippen LogP contribution in [0.2, 0.25) is 0 Å². The maximum Gasteiger partial charge on any atom is 0.410 e. The average Bonchev–Trinajstić information content (AvgIpc) is 3.06. The lowest BCUT2D eigenvalue weighted by Gasteiger charge is -2.36. The van der Waals surface area contributed by atoms with Crippen LogP contribution in [0, 0.1) is 10.1 Å². The summed E-state index contributed by atoms with van der Waals surface area (Å²) in [6, 6.07) is 12.6. The Balaban J connectivity index is 1.45. The monoisotopic (exact) mass is 454 g/mol. The summed E-state index contributed by atoms with van der Waals surface area (Å²) in [5, 5.41) is 23.9. The largest absolute Gasteiger partial charge is 0.444 e. The van der Waals surface area contributed by atoms with Gasteiger partial charge in [0.2, 0.25) is 0 Å². The Morgan fingerprint density at radius 1 is 1.06 bits per heavy atom. The Morgan fingerprint density at radius 2 is 1.73 bits per heavy atom. The van der Waals surface area contributed by atoms with Gasteiger partial charge >= 0.3 is 6.09 Å². The van der Waals surface area contributed by atoms with Gasteiger partial charge in [0.25, 0.3) is 5.69 Å². The number of aliphatic hydroxyl groups excluding tert-OH is 1. The zero-order valence-electron chi connectivity index (χ0n) is 19.2. The van der Waals surface area contributed by atoms with E-state index in [9.17, 15) is 20.0 Å². The molecule has 9 heteroatoms. The third-order valence-electron chi connectivity index (χ3n) is 5.85. The number of hydrogen-bond donors (Lipinski definition) is 1. The molecule has 1 aliphatic rings. The highest BCUT2D eigenvalue weighted by atomic mass is 16.6. The number of nitro benzene ring substituents is 1. The van der Waals surface area contributed by atoms with Crippen molar-refractivity contribution in [2.45, 2.75) is 39.0 Å². The summed E-state index contributed by atoms with van der Waals surface area (Å²) in [6.07, 6.45) is -0.936. The Kier molecular flexibility index (Phi) is 6.27. The predicted molar refractivity (Wildman–Crippen MR) is 126 cm³/mol. The molecule has 2 aromatic carbocycles. The molecule has 33 heavy (non-hydrogen) atoms. The molecule has 1 fully saturated rings. The molecule has 1 amide bonds. The van der Waals surface area contributed by atoms with Crippen LogP contribution in [0.25, 0.3) is 21.8 Å². The molecular formula is C24H30N4O5. The lowest BCUT2D eigenvalue weighted by Crippen LogP contribution is -2.51. The van der Waals surface area contributed by atoms with Gasteiger partial charge in [0, 0.05) is 66.7 Å². The summed E-state index contributed by atoms with van der Waals surface area (Å²) >= 11 is 0. The minimum absolute atomic E-state index is 0.0498. The molecule has 3 aromatic rings. The van der Waals surface area contributed by atoms with E-state index in [1.807, 2.05) is 49.6 Å². The van der Waals surface area contributed by atoms with Crippen LogP contribution in [0.5, 0.6) is 0 Å².